The fourth-order valence-electron chi connectivity index (χ4n) is 7.54. The van der Waals surface area contributed by atoms with Crippen molar-refractivity contribution >= 4 is 34.9 Å². The molecule has 0 aliphatic heterocycles. The van der Waals surface area contributed by atoms with E-state index in [0.29, 0.717) is 5.92 Å². The van der Waals surface area contributed by atoms with Crippen LogP contribution in [0, 0.1) is 5.92 Å². The van der Waals surface area contributed by atoms with Crippen LogP contribution in [0.1, 0.15) is 95.2 Å². The van der Waals surface area contributed by atoms with Crippen molar-refractivity contribution in [3.8, 4) is 0 Å². The van der Waals surface area contributed by atoms with Gasteiger partial charge in [-0.2, -0.15) is 0 Å². The summed E-state index contributed by atoms with van der Waals surface area (Å²) in [5.74, 6) is 0.623. The maximum absolute atomic E-state index is 5.98. The van der Waals surface area contributed by atoms with Gasteiger partial charge >= 0.3 is 0 Å². The van der Waals surface area contributed by atoms with Gasteiger partial charge in [-0.05, 0) is 126 Å². The van der Waals surface area contributed by atoms with Crippen molar-refractivity contribution < 1.29 is 0 Å². The van der Waals surface area contributed by atoms with E-state index < -0.39 is 0 Å². The molecular formula is C42H44BBr. The molecule has 0 amide bonds. The highest BCUT2D eigenvalue weighted by Crippen LogP contribution is 2.44. The van der Waals surface area contributed by atoms with Crippen LogP contribution < -0.4 is 0 Å². The maximum Gasteiger partial charge on any atom is 0.107 e. The quantitative estimate of drug-likeness (QED) is 0.252. The van der Waals surface area contributed by atoms with E-state index in [1.165, 1.54) is 50.1 Å². The first-order valence-corrected chi connectivity index (χ1v) is 17.3. The number of rotatable bonds is 8. The predicted molar refractivity (Wildman–Crippen MR) is 195 cm³/mol. The van der Waals surface area contributed by atoms with Gasteiger partial charge in [0.05, 0.1) is 0 Å². The molecule has 0 bridgehead atoms. The van der Waals surface area contributed by atoms with Crippen molar-refractivity contribution in [3.63, 3.8) is 0 Å². The van der Waals surface area contributed by atoms with Crippen LogP contribution in [0.3, 0.4) is 0 Å². The van der Waals surface area contributed by atoms with E-state index in [2.05, 4.69) is 134 Å². The summed E-state index contributed by atoms with van der Waals surface area (Å²) < 4.78 is 1.13. The molecule has 222 valence electrons. The summed E-state index contributed by atoms with van der Waals surface area (Å²) in [6.45, 7) is 7.21. The highest BCUT2D eigenvalue weighted by molar-refractivity contribution is 9.10. The van der Waals surface area contributed by atoms with E-state index >= 15 is 0 Å². The summed E-state index contributed by atoms with van der Waals surface area (Å²) in [7, 11) is 5.98. The highest BCUT2D eigenvalue weighted by atomic mass is 79.9. The molecule has 0 nitrogen and oxygen atoms in total. The van der Waals surface area contributed by atoms with Crippen LogP contribution in [0.15, 0.2) is 135 Å². The molecule has 0 fully saturated rings. The molecule has 0 saturated carbocycles. The molecular weight excluding hydrogens is 595 g/mol. The third-order valence-electron chi connectivity index (χ3n) is 10.1. The normalized spacial score (nSPS) is 20.3. The van der Waals surface area contributed by atoms with Crippen LogP contribution in [-0.2, 0) is 5.41 Å². The molecule has 44 heavy (non-hydrogen) atoms. The van der Waals surface area contributed by atoms with Crippen LogP contribution in [0.5, 0.6) is 0 Å². The Bertz CT molecular complexity index is 1650. The van der Waals surface area contributed by atoms with Crippen molar-refractivity contribution in [1.29, 1.82) is 0 Å². The Hall–Kier alpha value is -3.10. The Kier molecular flexibility index (Phi) is 9.48. The molecule has 4 aliphatic carbocycles. The first kappa shape index (κ1) is 30.9. The lowest BCUT2D eigenvalue weighted by molar-refractivity contribution is 0.409. The molecule has 2 aromatic rings. The van der Waals surface area contributed by atoms with Crippen molar-refractivity contribution in [2.75, 3.05) is 0 Å². The Morgan fingerprint density at radius 2 is 1.00 bits per heavy atom. The molecule has 2 aromatic carbocycles. The van der Waals surface area contributed by atoms with Gasteiger partial charge in [0.1, 0.15) is 7.85 Å². The van der Waals surface area contributed by atoms with Gasteiger partial charge in [-0.15, -0.1) is 5.47 Å². The number of halogens is 1. The van der Waals surface area contributed by atoms with E-state index in [9.17, 15) is 0 Å². The van der Waals surface area contributed by atoms with Gasteiger partial charge in [-0.1, -0.05) is 127 Å². The summed E-state index contributed by atoms with van der Waals surface area (Å²) in [5, 5.41) is 0. The molecule has 2 heteroatoms. The first-order valence-electron chi connectivity index (χ1n) is 16.5. The van der Waals surface area contributed by atoms with Crippen molar-refractivity contribution in [1.82, 2.24) is 0 Å². The smallest absolute Gasteiger partial charge is 0.107 e. The van der Waals surface area contributed by atoms with Crippen LogP contribution in [0.25, 0.3) is 11.1 Å². The van der Waals surface area contributed by atoms with Gasteiger partial charge in [0.25, 0.3) is 0 Å². The average Bonchev–Trinajstić information content (AvgIpc) is 3.05. The van der Waals surface area contributed by atoms with Crippen molar-refractivity contribution in [3.05, 3.63) is 152 Å². The largest absolute Gasteiger partial charge is 0.117 e. The minimum Gasteiger partial charge on any atom is -0.117 e. The zero-order valence-corrected chi connectivity index (χ0v) is 28.2. The monoisotopic (exact) mass is 638 g/mol. The number of allylic oxidation sites excluding steroid dienone is 16. The number of hydrogen-bond donors (Lipinski definition) is 0. The molecule has 0 aromatic heterocycles. The van der Waals surface area contributed by atoms with Crippen LogP contribution in [0.4, 0.5) is 0 Å². The minimum absolute atomic E-state index is 0.0428. The second-order valence-electron chi connectivity index (χ2n) is 13.6. The second kappa shape index (κ2) is 13.5. The van der Waals surface area contributed by atoms with Gasteiger partial charge in [0.2, 0.25) is 0 Å². The SMILES string of the molecule is [B]C1=CC=C(C2=CC=C(c3ccc(C(C)(CC(C)C)C4=CC=C(C5=CC=C(c6ccc(Br)cc6)CC5)CC4)cc3)CC2)CC1. The molecule has 4 aliphatic rings. The summed E-state index contributed by atoms with van der Waals surface area (Å²) in [5.41, 5.74) is 15.6. The second-order valence-corrected chi connectivity index (χ2v) is 14.5. The van der Waals surface area contributed by atoms with Crippen LogP contribution >= 0.6 is 15.9 Å². The molecule has 2 radical (unpaired) electrons. The van der Waals surface area contributed by atoms with Gasteiger partial charge < -0.3 is 0 Å². The summed E-state index contributed by atoms with van der Waals surface area (Å²) in [4.78, 5) is 0. The predicted octanol–water partition coefficient (Wildman–Crippen LogP) is 12.1. The standard InChI is InChI=1S/C42H44BBr/c1-29(2)28-42(3,38-20-12-34(13-21-38)30-4-8-32(9-5-30)36-16-24-40(43)25-17-36)39-22-14-35(15-23-39)31-6-10-33(11-7-31)37-18-26-41(44)27-19-37/h4,6,8,10,12-14,16,18-22,24,26-27,29H,5,7,9,11,15,17,23,25,28H2,1-3H3. The average molecular weight is 640 g/mol. The van der Waals surface area contributed by atoms with Gasteiger partial charge in [0.15, 0.2) is 0 Å². The topological polar surface area (TPSA) is 0 Å². The molecule has 1 atom stereocenters. The fourth-order valence-corrected chi connectivity index (χ4v) is 7.81. The van der Waals surface area contributed by atoms with E-state index in [1.54, 1.807) is 5.57 Å². The highest BCUT2D eigenvalue weighted by Gasteiger charge is 2.33. The van der Waals surface area contributed by atoms with Gasteiger partial charge in [-0.3, -0.25) is 0 Å². The number of benzene rings is 2. The Labute approximate surface area is 275 Å². The van der Waals surface area contributed by atoms with E-state index in [-0.39, 0.29) is 5.41 Å². The maximum atomic E-state index is 5.98. The molecule has 0 spiro atoms. The third kappa shape index (κ3) is 6.92. The fraction of sp³-hybridized carbons (Fsp3) is 0.333. The molecule has 6 rings (SSSR count). The summed E-state index contributed by atoms with van der Waals surface area (Å²) >= 11 is 3.56. The van der Waals surface area contributed by atoms with E-state index in [1.807, 2.05) is 0 Å². The van der Waals surface area contributed by atoms with E-state index in [4.69, 9.17) is 7.85 Å². The lowest BCUT2D eigenvalue weighted by atomic mass is 9.67. The van der Waals surface area contributed by atoms with E-state index in [0.717, 1.165) is 67.7 Å². The summed E-state index contributed by atoms with van der Waals surface area (Å²) in [6.07, 6.45) is 28.5. The zero-order valence-electron chi connectivity index (χ0n) is 26.6. The molecule has 1 unspecified atom stereocenters. The number of hydrogen-bond acceptors (Lipinski definition) is 0. The zero-order chi connectivity index (χ0) is 30.7. The Morgan fingerprint density at radius 3 is 1.43 bits per heavy atom. The summed E-state index contributed by atoms with van der Waals surface area (Å²) in [6, 6.07) is 18.3. The lowest BCUT2D eigenvalue weighted by Gasteiger charge is -2.37. The molecule has 0 saturated heterocycles. The van der Waals surface area contributed by atoms with Gasteiger partial charge in [-0.25, -0.2) is 0 Å². The Morgan fingerprint density at radius 1 is 0.568 bits per heavy atom. The minimum atomic E-state index is 0.0428. The molecule has 0 heterocycles. The van der Waals surface area contributed by atoms with Crippen LogP contribution in [0.2, 0.25) is 0 Å². The molecule has 0 N–H and O–H groups in total. The third-order valence-corrected chi connectivity index (χ3v) is 10.6. The van der Waals surface area contributed by atoms with Crippen LogP contribution in [-0.4, -0.2) is 7.85 Å². The Balaban J connectivity index is 1.20. The lowest BCUT2D eigenvalue weighted by Crippen LogP contribution is -2.28. The van der Waals surface area contributed by atoms with Crippen molar-refractivity contribution in [2.45, 2.75) is 84.0 Å². The van der Waals surface area contributed by atoms with Gasteiger partial charge in [0, 0.05) is 9.89 Å². The first-order chi connectivity index (χ1) is 21.3. The van der Waals surface area contributed by atoms with Crippen molar-refractivity contribution in [2.24, 2.45) is 5.92 Å².